The molecule has 140 valence electrons. The first kappa shape index (κ1) is 19.4. The van der Waals surface area contributed by atoms with Gasteiger partial charge in [-0.2, -0.15) is 0 Å². The van der Waals surface area contributed by atoms with Crippen molar-refractivity contribution in [2.75, 3.05) is 11.9 Å². The molecular formula is C21H21ClN2O2S. The molecular weight excluding hydrogens is 380 g/mol. The largest absolute Gasteiger partial charge is 0.494 e. The number of aryl methyl sites for hydroxylation is 1. The Labute approximate surface area is 168 Å². The lowest BCUT2D eigenvalue weighted by atomic mass is 10.1. The zero-order chi connectivity index (χ0) is 19.2. The van der Waals surface area contributed by atoms with Crippen molar-refractivity contribution in [3.63, 3.8) is 0 Å². The highest BCUT2D eigenvalue weighted by molar-refractivity contribution is 7.16. The van der Waals surface area contributed by atoms with Gasteiger partial charge in [0.05, 0.1) is 22.9 Å². The Hall–Kier alpha value is -2.37. The van der Waals surface area contributed by atoms with Gasteiger partial charge in [0, 0.05) is 10.4 Å². The Bertz CT molecular complexity index is 922. The van der Waals surface area contributed by atoms with Crippen LogP contribution in [0.1, 0.15) is 35.5 Å². The third-order valence-corrected chi connectivity index (χ3v) is 5.31. The molecule has 4 nitrogen and oxygen atoms in total. The van der Waals surface area contributed by atoms with Gasteiger partial charge in [0.1, 0.15) is 5.75 Å². The monoisotopic (exact) mass is 400 g/mol. The van der Waals surface area contributed by atoms with Crippen LogP contribution < -0.4 is 10.1 Å². The fraction of sp³-hybridized carbons (Fsp3) is 0.238. The molecule has 0 spiro atoms. The number of rotatable bonds is 7. The van der Waals surface area contributed by atoms with E-state index >= 15 is 0 Å². The number of benzene rings is 2. The van der Waals surface area contributed by atoms with E-state index in [2.05, 4.69) is 17.2 Å². The summed E-state index contributed by atoms with van der Waals surface area (Å²) in [4.78, 5) is 18.3. The number of amides is 1. The van der Waals surface area contributed by atoms with Gasteiger partial charge in [0.2, 0.25) is 0 Å². The first-order valence-electron chi connectivity index (χ1n) is 8.91. The number of aromatic nitrogens is 1. The number of thiazole rings is 1. The molecule has 1 N–H and O–H groups in total. The van der Waals surface area contributed by atoms with Crippen LogP contribution in [0.4, 0.5) is 5.13 Å². The fourth-order valence-electron chi connectivity index (χ4n) is 2.71. The highest BCUT2D eigenvalue weighted by Gasteiger charge is 2.16. The molecule has 0 radical (unpaired) electrons. The van der Waals surface area contributed by atoms with E-state index in [9.17, 15) is 4.79 Å². The molecule has 2 aromatic carbocycles. The average molecular weight is 401 g/mol. The molecule has 1 aromatic heterocycles. The molecule has 27 heavy (non-hydrogen) atoms. The van der Waals surface area contributed by atoms with Crippen LogP contribution in [0.3, 0.4) is 0 Å². The Morgan fingerprint density at radius 3 is 2.56 bits per heavy atom. The summed E-state index contributed by atoms with van der Waals surface area (Å²) in [6.07, 6.45) is 1.91. The predicted molar refractivity (Wildman–Crippen MR) is 112 cm³/mol. The summed E-state index contributed by atoms with van der Waals surface area (Å²) < 4.78 is 5.51. The first-order valence-corrected chi connectivity index (χ1v) is 10.1. The van der Waals surface area contributed by atoms with Gasteiger partial charge < -0.3 is 4.74 Å². The minimum atomic E-state index is -0.254. The number of hydrogen-bond acceptors (Lipinski definition) is 4. The summed E-state index contributed by atoms with van der Waals surface area (Å²) in [6.45, 7) is 4.72. The highest BCUT2D eigenvalue weighted by Crippen LogP contribution is 2.33. The third-order valence-electron chi connectivity index (χ3n) is 3.95. The summed E-state index contributed by atoms with van der Waals surface area (Å²) in [5.41, 5.74) is 2.35. The third kappa shape index (κ3) is 4.67. The maximum Gasteiger partial charge on any atom is 0.258 e. The predicted octanol–water partition coefficient (Wildman–Crippen LogP) is 6.07. The zero-order valence-electron chi connectivity index (χ0n) is 15.3. The van der Waals surface area contributed by atoms with E-state index in [0.717, 1.165) is 34.7 Å². The number of ether oxygens (including phenoxy) is 1. The van der Waals surface area contributed by atoms with Gasteiger partial charge in [-0.25, -0.2) is 4.98 Å². The van der Waals surface area contributed by atoms with Crippen LogP contribution in [-0.4, -0.2) is 17.5 Å². The van der Waals surface area contributed by atoms with Crippen molar-refractivity contribution in [3.8, 4) is 17.0 Å². The van der Waals surface area contributed by atoms with Crippen molar-refractivity contribution >= 4 is 34.0 Å². The summed E-state index contributed by atoms with van der Waals surface area (Å²) in [7, 11) is 0. The molecule has 0 unspecified atom stereocenters. The standard InChI is InChI=1S/C21H21ClN2O2S/c1-3-7-18-19(14-10-12-15(13-11-14)26-4-2)23-21(27-18)24-20(25)16-8-5-6-9-17(16)22/h5-6,8-13H,3-4,7H2,1-2H3,(H,23,24,25). The second-order valence-electron chi connectivity index (χ2n) is 5.93. The molecule has 0 saturated carbocycles. The van der Waals surface area contributed by atoms with Gasteiger partial charge in [0.15, 0.2) is 5.13 Å². The molecule has 0 atom stereocenters. The van der Waals surface area contributed by atoms with Crippen molar-refractivity contribution in [2.24, 2.45) is 0 Å². The quantitative estimate of drug-likeness (QED) is 0.523. The maximum atomic E-state index is 12.5. The summed E-state index contributed by atoms with van der Waals surface area (Å²) in [6, 6.07) is 14.9. The van der Waals surface area contributed by atoms with E-state index in [1.807, 2.05) is 31.2 Å². The molecule has 1 amide bonds. The molecule has 0 saturated heterocycles. The lowest BCUT2D eigenvalue weighted by molar-refractivity contribution is 0.102. The van der Waals surface area contributed by atoms with Crippen molar-refractivity contribution < 1.29 is 9.53 Å². The maximum absolute atomic E-state index is 12.5. The molecule has 0 bridgehead atoms. The number of hydrogen-bond donors (Lipinski definition) is 1. The van der Waals surface area contributed by atoms with E-state index in [-0.39, 0.29) is 5.91 Å². The van der Waals surface area contributed by atoms with Crippen molar-refractivity contribution in [3.05, 3.63) is 64.0 Å². The summed E-state index contributed by atoms with van der Waals surface area (Å²) in [5.74, 6) is 0.580. The number of nitrogens with one attached hydrogen (secondary N) is 1. The van der Waals surface area contributed by atoms with Crippen molar-refractivity contribution in [1.29, 1.82) is 0 Å². The Morgan fingerprint density at radius 2 is 1.89 bits per heavy atom. The second kappa shape index (κ2) is 9.02. The smallest absolute Gasteiger partial charge is 0.258 e. The van der Waals surface area contributed by atoms with Crippen LogP contribution in [0.25, 0.3) is 11.3 Å². The number of nitrogens with zero attached hydrogens (tertiary/aromatic N) is 1. The van der Waals surface area contributed by atoms with E-state index in [4.69, 9.17) is 16.3 Å². The first-order chi connectivity index (χ1) is 13.1. The molecule has 0 aliphatic heterocycles. The van der Waals surface area contributed by atoms with Crippen LogP contribution in [0.2, 0.25) is 5.02 Å². The number of carbonyl (C=O) groups is 1. The number of halogens is 1. The molecule has 3 aromatic rings. The Balaban J connectivity index is 1.86. The van der Waals surface area contributed by atoms with Crippen LogP contribution in [0.15, 0.2) is 48.5 Å². The van der Waals surface area contributed by atoms with Gasteiger partial charge in [-0.3, -0.25) is 10.1 Å². The number of anilines is 1. The Morgan fingerprint density at radius 1 is 1.15 bits per heavy atom. The van der Waals surface area contributed by atoms with Gasteiger partial charge in [-0.1, -0.05) is 37.1 Å². The van der Waals surface area contributed by atoms with E-state index in [1.54, 1.807) is 24.3 Å². The van der Waals surface area contributed by atoms with Gasteiger partial charge >= 0.3 is 0 Å². The minimum absolute atomic E-state index is 0.254. The van der Waals surface area contributed by atoms with Crippen LogP contribution in [0, 0.1) is 0 Å². The van der Waals surface area contributed by atoms with Gasteiger partial charge in [0.25, 0.3) is 5.91 Å². The summed E-state index contributed by atoms with van der Waals surface area (Å²) >= 11 is 7.62. The highest BCUT2D eigenvalue weighted by atomic mass is 35.5. The molecule has 0 fully saturated rings. The van der Waals surface area contributed by atoms with Gasteiger partial charge in [-0.05, 0) is 49.7 Å². The summed E-state index contributed by atoms with van der Waals surface area (Å²) in [5, 5.41) is 3.88. The normalized spacial score (nSPS) is 10.6. The molecule has 3 rings (SSSR count). The van der Waals surface area contributed by atoms with Crippen LogP contribution >= 0.6 is 22.9 Å². The second-order valence-corrected chi connectivity index (χ2v) is 7.42. The lowest BCUT2D eigenvalue weighted by Crippen LogP contribution is -2.12. The molecule has 1 heterocycles. The number of carbonyl (C=O) groups excluding carboxylic acids is 1. The Kier molecular flexibility index (Phi) is 6.48. The molecule has 0 aliphatic rings. The minimum Gasteiger partial charge on any atom is -0.494 e. The van der Waals surface area contributed by atoms with E-state index in [1.165, 1.54) is 11.3 Å². The van der Waals surface area contributed by atoms with E-state index < -0.39 is 0 Å². The van der Waals surface area contributed by atoms with Crippen molar-refractivity contribution in [2.45, 2.75) is 26.7 Å². The topological polar surface area (TPSA) is 51.2 Å². The lowest BCUT2D eigenvalue weighted by Gasteiger charge is -2.05. The average Bonchev–Trinajstić information content (AvgIpc) is 3.05. The van der Waals surface area contributed by atoms with E-state index in [0.29, 0.717) is 22.3 Å². The molecule has 6 heteroatoms. The fourth-order valence-corrected chi connectivity index (χ4v) is 4.01. The van der Waals surface area contributed by atoms with Gasteiger partial charge in [-0.15, -0.1) is 11.3 Å². The zero-order valence-corrected chi connectivity index (χ0v) is 16.9. The SMILES string of the molecule is CCCc1sc(NC(=O)c2ccccc2Cl)nc1-c1ccc(OCC)cc1. The van der Waals surface area contributed by atoms with Crippen LogP contribution in [-0.2, 0) is 6.42 Å². The molecule has 0 aliphatic carbocycles. The van der Waals surface area contributed by atoms with Crippen LogP contribution in [0.5, 0.6) is 5.75 Å². The van der Waals surface area contributed by atoms with Crippen molar-refractivity contribution in [1.82, 2.24) is 4.98 Å².